The molecule has 0 aromatic carbocycles. The number of aliphatic hydroxyl groups excluding tert-OH is 2. The van der Waals surface area contributed by atoms with Crippen LogP contribution in [-0.4, -0.2) is 46.9 Å². The van der Waals surface area contributed by atoms with Gasteiger partial charge in [-0.05, 0) is 51.4 Å². The largest absolute Gasteiger partial charge is 0.462 e. The molecule has 64 heavy (non-hydrogen) atoms. The van der Waals surface area contributed by atoms with Crippen LogP contribution in [0.25, 0.3) is 0 Å². The summed E-state index contributed by atoms with van der Waals surface area (Å²) in [6.45, 7) is 6.51. The van der Waals surface area contributed by atoms with E-state index in [1.54, 1.807) is 0 Å². The van der Waals surface area contributed by atoms with Gasteiger partial charge in [0, 0.05) is 6.42 Å². The van der Waals surface area contributed by atoms with E-state index in [0.717, 1.165) is 64.2 Å². The number of ether oxygens (including phenoxy) is 1. The summed E-state index contributed by atoms with van der Waals surface area (Å²) in [7, 11) is 0. The molecule has 6 nitrogen and oxygen atoms in total. The first-order valence-electron chi connectivity index (χ1n) is 28.6. The Balaban J connectivity index is 4.57. The molecule has 3 N–H and O–H groups in total. The van der Waals surface area contributed by atoms with Crippen LogP contribution in [0.1, 0.15) is 310 Å². The molecule has 0 aliphatic carbocycles. The van der Waals surface area contributed by atoms with Gasteiger partial charge < -0.3 is 20.3 Å². The maximum Gasteiger partial charge on any atom is 0.306 e. The maximum atomic E-state index is 13.3. The number of hydrogen-bond acceptors (Lipinski definition) is 5. The highest BCUT2D eigenvalue weighted by atomic mass is 16.5. The molecule has 6 heteroatoms. The molecule has 0 aliphatic heterocycles. The predicted octanol–water partition coefficient (Wildman–Crippen LogP) is 17.5. The van der Waals surface area contributed by atoms with E-state index in [0.29, 0.717) is 19.3 Å². The smallest absolute Gasteiger partial charge is 0.306 e. The van der Waals surface area contributed by atoms with Crippen LogP contribution in [0, 0.1) is 0 Å². The lowest BCUT2D eigenvalue weighted by Gasteiger charge is -2.24. The van der Waals surface area contributed by atoms with Gasteiger partial charge in [0.25, 0.3) is 0 Å². The van der Waals surface area contributed by atoms with E-state index >= 15 is 0 Å². The van der Waals surface area contributed by atoms with Crippen molar-refractivity contribution in [3.63, 3.8) is 0 Å². The molecule has 0 aromatic rings. The Morgan fingerprint density at radius 3 is 1.17 bits per heavy atom. The van der Waals surface area contributed by atoms with Crippen molar-refractivity contribution in [2.24, 2.45) is 0 Å². The number of amides is 1. The summed E-state index contributed by atoms with van der Waals surface area (Å²) in [6, 6.07) is -0.706. The third kappa shape index (κ3) is 46.9. The van der Waals surface area contributed by atoms with Crippen molar-refractivity contribution in [2.75, 3.05) is 6.61 Å². The third-order valence-electron chi connectivity index (χ3n) is 13.3. The summed E-state index contributed by atoms with van der Waals surface area (Å²) in [5.74, 6) is -0.482. The van der Waals surface area contributed by atoms with Crippen LogP contribution in [0.4, 0.5) is 0 Å². The van der Waals surface area contributed by atoms with Crippen molar-refractivity contribution in [3.8, 4) is 0 Å². The number of carbonyl (C=O) groups excluding carboxylic acids is 2. The highest BCUT2D eigenvalue weighted by molar-refractivity contribution is 5.77. The Morgan fingerprint density at radius 2 is 0.781 bits per heavy atom. The van der Waals surface area contributed by atoms with Gasteiger partial charge in [-0.15, -0.1) is 0 Å². The summed E-state index contributed by atoms with van der Waals surface area (Å²) >= 11 is 0. The Bertz CT molecular complexity index is 1010. The van der Waals surface area contributed by atoms with Crippen LogP contribution < -0.4 is 5.32 Å². The van der Waals surface area contributed by atoms with E-state index in [2.05, 4.69) is 50.4 Å². The molecule has 0 fully saturated rings. The van der Waals surface area contributed by atoms with Gasteiger partial charge in [0.15, 0.2) is 0 Å². The van der Waals surface area contributed by atoms with Crippen molar-refractivity contribution in [1.82, 2.24) is 5.32 Å². The molecule has 3 unspecified atom stereocenters. The summed E-state index contributed by atoms with van der Waals surface area (Å²) in [5.41, 5.74) is 0. The fourth-order valence-electron chi connectivity index (χ4n) is 8.95. The van der Waals surface area contributed by atoms with Gasteiger partial charge in [-0.2, -0.15) is 0 Å². The molecule has 0 saturated carbocycles. The maximum absolute atomic E-state index is 13.3. The zero-order valence-corrected chi connectivity index (χ0v) is 43.2. The van der Waals surface area contributed by atoms with Gasteiger partial charge in [-0.1, -0.05) is 270 Å². The highest BCUT2D eigenvalue weighted by Gasteiger charge is 2.24. The molecule has 0 bridgehead atoms. The second-order valence-electron chi connectivity index (χ2n) is 19.7. The number of nitrogens with one attached hydrogen (secondary N) is 1. The Kier molecular flexibility index (Phi) is 51.0. The van der Waals surface area contributed by atoms with Gasteiger partial charge in [0.1, 0.15) is 6.10 Å². The van der Waals surface area contributed by atoms with Crippen LogP contribution >= 0.6 is 0 Å². The molecule has 0 aromatic heterocycles. The van der Waals surface area contributed by atoms with E-state index in [9.17, 15) is 19.8 Å². The van der Waals surface area contributed by atoms with Crippen molar-refractivity contribution >= 4 is 11.9 Å². The lowest BCUT2D eigenvalue weighted by atomic mass is 10.0. The van der Waals surface area contributed by atoms with Crippen LogP contribution in [0.15, 0.2) is 24.3 Å². The summed E-state index contributed by atoms with van der Waals surface area (Å²) < 4.78 is 5.95. The molecule has 3 atom stereocenters. The molecule has 0 spiro atoms. The number of unbranched alkanes of at least 4 members (excludes halogenated alkanes) is 37. The van der Waals surface area contributed by atoms with Crippen LogP contribution in [0.5, 0.6) is 0 Å². The van der Waals surface area contributed by atoms with Crippen molar-refractivity contribution in [3.05, 3.63) is 24.3 Å². The van der Waals surface area contributed by atoms with Crippen molar-refractivity contribution in [2.45, 2.75) is 328 Å². The normalized spacial score (nSPS) is 13.3. The van der Waals surface area contributed by atoms with E-state index in [4.69, 9.17) is 4.74 Å². The summed E-state index contributed by atoms with van der Waals surface area (Å²) in [5, 5.41) is 23.9. The number of esters is 1. The van der Waals surface area contributed by atoms with Gasteiger partial charge in [-0.25, -0.2) is 0 Å². The van der Waals surface area contributed by atoms with Gasteiger partial charge >= 0.3 is 5.97 Å². The first kappa shape index (κ1) is 62.3. The zero-order valence-electron chi connectivity index (χ0n) is 43.2. The van der Waals surface area contributed by atoms with Crippen molar-refractivity contribution in [1.29, 1.82) is 0 Å². The zero-order chi connectivity index (χ0) is 46.7. The average Bonchev–Trinajstić information content (AvgIpc) is 3.29. The molecule has 0 aliphatic rings. The van der Waals surface area contributed by atoms with Crippen LogP contribution in [-0.2, 0) is 14.3 Å². The third-order valence-corrected chi connectivity index (χ3v) is 13.3. The lowest BCUT2D eigenvalue weighted by Crippen LogP contribution is -2.46. The Hall–Kier alpha value is -1.66. The summed E-state index contributed by atoms with van der Waals surface area (Å²) in [4.78, 5) is 26.2. The second-order valence-corrected chi connectivity index (χ2v) is 19.7. The monoisotopic (exact) mass is 902 g/mol. The van der Waals surface area contributed by atoms with E-state index in [1.807, 2.05) is 0 Å². The average molecular weight is 903 g/mol. The van der Waals surface area contributed by atoms with Crippen LogP contribution in [0.3, 0.4) is 0 Å². The van der Waals surface area contributed by atoms with E-state index < -0.39 is 18.2 Å². The standard InChI is InChI=1S/C58H111NO5/c1-4-7-10-13-16-19-22-25-28-30-31-34-37-40-43-46-49-54(64-58(63)51-48-45-42-39-36-33-27-24-21-18-15-12-9-6-3)52-57(62)59-55(53-60)56(61)50-47-44-41-38-35-32-29-26-23-20-17-14-11-8-5-2/h28,30-31,34,54-56,60-61H,4-27,29,32-33,35-53H2,1-3H3,(H,59,62)/b30-28+,34-31+. The minimum Gasteiger partial charge on any atom is -0.462 e. The number of rotatable bonds is 52. The number of aliphatic hydroxyl groups is 2. The molecular formula is C58H111NO5. The SMILES string of the molecule is CCCCCCCCC/C=C/C=C/CCCCCC(CC(=O)NC(CO)C(O)CCCCCCCCCCCCCCCCC)OC(=O)CCCCCCCCCCCCCCCC. The summed E-state index contributed by atoms with van der Waals surface area (Å²) in [6.07, 6.45) is 61.0. The number of carbonyl (C=O) groups is 2. The topological polar surface area (TPSA) is 95.9 Å². The fraction of sp³-hybridized carbons (Fsp3) is 0.897. The van der Waals surface area contributed by atoms with E-state index in [-0.39, 0.29) is 24.9 Å². The highest BCUT2D eigenvalue weighted by Crippen LogP contribution is 2.18. The molecule has 0 saturated heterocycles. The molecule has 0 heterocycles. The van der Waals surface area contributed by atoms with Crippen molar-refractivity contribution < 1.29 is 24.5 Å². The molecule has 0 rings (SSSR count). The first-order chi connectivity index (χ1) is 31.5. The Morgan fingerprint density at radius 1 is 0.453 bits per heavy atom. The molecule has 1 amide bonds. The minimum atomic E-state index is -0.791. The van der Waals surface area contributed by atoms with E-state index in [1.165, 1.54) is 199 Å². The quantitative estimate of drug-likeness (QED) is 0.0321. The van der Waals surface area contributed by atoms with Gasteiger partial charge in [0.05, 0.1) is 25.2 Å². The molecule has 378 valence electrons. The van der Waals surface area contributed by atoms with Gasteiger partial charge in [0.2, 0.25) is 5.91 Å². The Labute approximate surface area is 399 Å². The lowest BCUT2D eigenvalue weighted by molar-refractivity contribution is -0.151. The first-order valence-corrected chi connectivity index (χ1v) is 28.6. The molecule has 0 radical (unpaired) electrons. The second kappa shape index (κ2) is 52.3. The number of allylic oxidation sites excluding steroid dienone is 4. The minimum absolute atomic E-state index is 0.0656. The van der Waals surface area contributed by atoms with Gasteiger partial charge in [-0.3, -0.25) is 9.59 Å². The fourth-order valence-corrected chi connectivity index (χ4v) is 8.95. The van der Waals surface area contributed by atoms with Crippen LogP contribution in [0.2, 0.25) is 0 Å². The molecular weight excluding hydrogens is 791 g/mol. The number of hydrogen-bond donors (Lipinski definition) is 3. The predicted molar refractivity (Wildman–Crippen MR) is 278 cm³/mol.